The number of alkyl halides is 2. The Bertz CT molecular complexity index is 102. The van der Waals surface area contributed by atoms with Crippen molar-refractivity contribution < 1.29 is 25.7 Å². The fourth-order valence-corrected chi connectivity index (χ4v) is 4.47. The maximum atomic E-state index is 2.37. The summed E-state index contributed by atoms with van der Waals surface area (Å²) in [5.41, 5.74) is 0. The van der Waals surface area contributed by atoms with Crippen molar-refractivity contribution in [2.75, 3.05) is 29.6 Å². The molecule has 0 amide bonds. The van der Waals surface area contributed by atoms with E-state index in [9.17, 15) is 0 Å². The van der Waals surface area contributed by atoms with Crippen LogP contribution in [0.3, 0.4) is 0 Å². The molecule has 76 valence electrons. The predicted molar refractivity (Wildman–Crippen MR) is 51.9 cm³/mol. The van der Waals surface area contributed by atoms with E-state index in [1.165, 1.54) is 39.3 Å². The van der Waals surface area contributed by atoms with E-state index in [0.29, 0.717) is 21.2 Å². The van der Waals surface area contributed by atoms with Crippen LogP contribution in [0.1, 0.15) is 33.1 Å². The first-order valence-electron chi connectivity index (χ1n) is 4.98. The third-order valence-corrected chi connectivity index (χ3v) is 5.71. The molecular formula is C10H24IN. The zero-order valence-corrected chi connectivity index (χ0v) is 11.2. The third kappa shape index (κ3) is 7.35. The summed E-state index contributed by atoms with van der Waals surface area (Å²) in [6, 6.07) is 0. The molecule has 0 aromatic carbocycles. The van der Waals surface area contributed by atoms with E-state index in [0.717, 1.165) is 0 Å². The van der Waals surface area contributed by atoms with Gasteiger partial charge >= 0.3 is 88.4 Å². The van der Waals surface area contributed by atoms with Gasteiger partial charge in [0.05, 0.1) is 0 Å². The average molecular weight is 285 g/mol. The van der Waals surface area contributed by atoms with Gasteiger partial charge in [0.25, 0.3) is 0 Å². The predicted octanol–water partition coefficient (Wildman–Crippen LogP) is -0.681. The normalized spacial score (nSPS) is 12.3. The molecule has 0 fully saturated rings. The second-order valence-corrected chi connectivity index (χ2v) is 6.85. The molecule has 0 aromatic heterocycles. The van der Waals surface area contributed by atoms with Gasteiger partial charge in [-0.15, -0.1) is 0 Å². The molecule has 0 aliphatic heterocycles. The van der Waals surface area contributed by atoms with Crippen molar-refractivity contribution in [2.45, 2.75) is 33.1 Å². The van der Waals surface area contributed by atoms with Gasteiger partial charge in [0.2, 0.25) is 0 Å². The van der Waals surface area contributed by atoms with Gasteiger partial charge < -0.3 is 0 Å². The topological polar surface area (TPSA) is 0 Å². The van der Waals surface area contributed by atoms with Crippen molar-refractivity contribution in [3.05, 3.63) is 0 Å². The summed E-state index contributed by atoms with van der Waals surface area (Å²) in [6.07, 6.45) is 4.16. The van der Waals surface area contributed by atoms with E-state index in [2.05, 4.69) is 27.9 Å². The van der Waals surface area contributed by atoms with Crippen LogP contribution in [0.15, 0.2) is 0 Å². The standard InChI is InChI=1S/C10H24IN/c1-5-7-8-11-10-12(3,4)9-6-2/h5-10H2,1-4H3. The summed E-state index contributed by atoms with van der Waals surface area (Å²) in [6.45, 7) is 5.92. The molecule has 0 saturated heterocycles. The minimum absolute atomic E-state index is 0.488. The molecule has 0 heterocycles. The Kier molecular flexibility index (Phi) is 7.54. The Morgan fingerprint density at radius 3 is 2.25 bits per heavy atom. The molecule has 1 nitrogen and oxygen atoms in total. The first-order valence-corrected chi connectivity index (χ1v) is 8.03. The molecule has 0 rings (SSSR count). The molecule has 0 bridgehead atoms. The summed E-state index contributed by atoms with van der Waals surface area (Å²) in [5.74, 6) is 0. The average Bonchev–Trinajstić information content (AvgIpc) is 1.98. The van der Waals surface area contributed by atoms with Crippen LogP contribution in [0.5, 0.6) is 0 Å². The molecule has 0 spiro atoms. The summed E-state index contributed by atoms with van der Waals surface area (Å²) >= 11 is 0.488. The van der Waals surface area contributed by atoms with Crippen LogP contribution in [-0.4, -0.2) is 34.1 Å². The number of hydrogen-bond acceptors (Lipinski definition) is 0. The molecule has 0 atom stereocenters. The molecular weight excluding hydrogens is 261 g/mol. The Balaban J connectivity index is 3.33. The number of nitrogens with zero attached hydrogens (tertiary/aromatic N) is 1. The SMILES string of the molecule is CCCC[I-]C[N+](C)(C)CCC. The van der Waals surface area contributed by atoms with Gasteiger partial charge in [-0.25, -0.2) is 0 Å². The zero-order valence-electron chi connectivity index (χ0n) is 9.07. The molecule has 2 heteroatoms. The monoisotopic (exact) mass is 285 g/mol. The quantitative estimate of drug-likeness (QED) is 0.191. The van der Waals surface area contributed by atoms with Crippen LogP contribution >= 0.6 is 0 Å². The van der Waals surface area contributed by atoms with E-state index in [1.54, 1.807) is 0 Å². The van der Waals surface area contributed by atoms with Crippen LogP contribution < -0.4 is 21.2 Å². The van der Waals surface area contributed by atoms with E-state index in [-0.39, 0.29) is 0 Å². The molecule has 12 heavy (non-hydrogen) atoms. The molecule has 0 aliphatic carbocycles. The minimum atomic E-state index is 0.488. The fourth-order valence-electron chi connectivity index (χ4n) is 1.18. The van der Waals surface area contributed by atoms with E-state index in [1.807, 2.05) is 0 Å². The van der Waals surface area contributed by atoms with Gasteiger partial charge in [-0.3, -0.25) is 0 Å². The van der Waals surface area contributed by atoms with Gasteiger partial charge in [0.1, 0.15) is 0 Å². The fraction of sp³-hybridized carbons (Fsp3) is 1.00. The Morgan fingerprint density at radius 2 is 1.75 bits per heavy atom. The molecule has 0 saturated carbocycles. The van der Waals surface area contributed by atoms with Crippen molar-refractivity contribution >= 4 is 0 Å². The summed E-state index contributed by atoms with van der Waals surface area (Å²) < 4.78 is 4.25. The van der Waals surface area contributed by atoms with Gasteiger partial charge in [-0.1, -0.05) is 0 Å². The van der Waals surface area contributed by atoms with Gasteiger partial charge in [-0.05, 0) is 0 Å². The second kappa shape index (κ2) is 7.13. The van der Waals surface area contributed by atoms with Crippen LogP contribution in [0.2, 0.25) is 0 Å². The third-order valence-electron chi connectivity index (χ3n) is 1.86. The van der Waals surface area contributed by atoms with Gasteiger partial charge in [-0.2, -0.15) is 0 Å². The number of rotatable bonds is 7. The number of quaternary nitrogens is 1. The summed E-state index contributed by atoms with van der Waals surface area (Å²) in [4.78, 5) is 0. The van der Waals surface area contributed by atoms with Crippen molar-refractivity contribution in [3.8, 4) is 0 Å². The van der Waals surface area contributed by atoms with Crippen LogP contribution in [0.4, 0.5) is 0 Å². The van der Waals surface area contributed by atoms with Crippen molar-refractivity contribution in [1.29, 1.82) is 0 Å². The van der Waals surface area contributed by atoms with E-state index < -0.39 is 0 Å². The molecule has 0 N–H and O–H groups in total. The Morgan fingerprint density at radius 1 is 1.08 bits per heavy atom. The Labute approximate surface area is 88.4 Å². The molecule has 0 aliphatic rings. The van der Waals surface area contributed by atoms with Crippen molar-refractivity contribution in [2.24, 2.45) is 0 Å². The van der Waals surface area contributed by atoms with Crippen LogP contribution in [0, 0.1) is 0 Å². The van der Waals surface area contributed by atoms with Gasteiger partial charge in [0, 0.05) is 0 Å². The zero-order chi connectivity index (χ0) is 9.45. The van der Waals surface area contributed by atoms with Gasteiger partial charge in [0.15, 0.2) is 0 Å². The van der Waals surface area contributed by atoms with E-state index in [4.69, 9.17) is 0 Å². The maximum absolute atomic E-state index is 2.37. The molecule has 0 radical (unpaired) electrons. The first kappa shape index (κ1) is 12.7. The Hall–Kier alpha value is 0.690. The number of halogens is 1. The second-order valence-electron chi connectivity index (χ2n) is 4.01. The van der Waals surface area contributed by atoms with Crippen LogP contribution in [0.25, 0.3) is 0 Å². The molecule has 0 unspecified atom stereocenters. The van der Waals surface area contributed by atoms with E-state index >= 15 is 0 Å². The van der Waals surface area contributed by atoms with Crippen LogP contribution in [-0.2, 0) is 0 Å². The first-order chi connectivity index (χ1) is 5.62. The van der Waals surface area contributed by atoms with Crippen molar-refractivity contribution in [1.82, 2.24) is 0 Å². The number of unbranched alkanes of at least 4 members (excludes halogenated alkanes) is 1. The number of hydrogen-bond donors (Lipinski definition) is 0. The van der Waals surface area contributed by atoms with Crippen molar-refractivity contribution in [3.63, 3.8) is 0 Å². The molecule has 0 aromatic rings. The summed E-state index contributed by atoms with van der Waals surface area (Å²) in [5, 5.41) is 0. The summed E-state index contributed by atoms with van der Waals surface area (Å²) in [7, 11) is 4.74.